The molecule has 1 N–H and O–H groups in total. The number of rotatable bonds is 4. The van der Waals surface area contributed by atoms with Gasteiger partial charge in [0.15, 0.2) is 5.69 Å². The highest BCUT2D eigenvalue weighted by Crippen LogP contribution is 2.31. The van der Waals surface area contributed by atoms with Crippen LogP contribution in [-0.4, -0.2) is 27.1 Å². The number of hydrogen-bond donors (Lipinski definition) is 1. The highest BCUT2D eigenvalue weighted by molar-refractivity contribution is 5.85. The largest absolute Gasteiger partial charge is 0.477 e. The van der Waals surface area contributed by atoms with Gasteiger partial charge in [-0.15, -0.1) is 0 Å². The second-order valence-corrected chi connectivity index (χ2v) is 5.08. The molecule has 2 rings (SSSR count). The van der Waals surface area contributed by atoms with E-state index in [9.17, 15) is 14.9 Å². The summed E-state index contributed by atoms with van der Waals surface area (Å²) in [5.41, 5.74) is -0.552. The molecule has 0 atom stereocenters. The summed E-state index contributed by atoms with van der Waals surface area (Å²) in [6, 6.07) is 2.23. The van der Waals surface area contributed by atoms with Gasteiger partial charge in [-0.05, 0) is 37.7 Å². The fourth-order valence-corrected chi connectivity index (χ4v) is 2.28. The van der Waals surface area contributed by atoms with Crippen LogP contribution in [0.2, 0.25) is 0 Å². The molecule has 7 nitrogen and oxygen atoms in total. The molecule has 0 bridgehead atoms. The van der Waals surface area contributed by atoms with Gasteiger partial charge in [-0.1, -0.05) is 6.92 Å². The Morgan fingerprint density at radius 2 is 2.05 bits per heavy atom. The van der Waals surface area contributed by atoms with Crippen molar-refractivity contribution in [2.75, 3.05) is 0 Å². The first-order chi connectivity index (χ1) is 9.47. The zero-order chi connectivity index (χ0) is 14.7. The zero-order valence-electron chi connectivity index (χ0n) is 11.1. The fourth-order valence-electron chi connectivity index (χ4n) is 2.28. The summed E-state index contributed by atoms with van der Waals surface area (Å²) >= 11 is 0. The molecule has 1 aliphatic rings. The van der Waals surface area contributed by atoms with E-state index in [-0.39, 0.29) is 23.4 Å². The Balaban J connectivity index is 2.21. The third-order valence-electron chi connectivity index (χ3n) is 3.50. The Morgan fingerprint density at radius 1 is 1.40 bits per heavy atom. The van der Waals surface area contributed by atoms with Gasteiger partial charge in [0.25, 0.3) is 5.88 Å². The molecule has 1 saturated carbocycles. The molecule has 0 radical (unpaired) electrons. The number of hydrogen-bond acceptors (Lipinski definition) is 5. The van der Waals surface area contributed by atoms with E-state index in [0.717, 1.165) is 37.8 Å². The number of pyridine rings is 1. The molecule has 0 spiro atoms. The number of aromatic carboxylic acids is 1. The van der Waals surface area contributed by atoms with E-state index in [2.05, 4.69) is 11.9 Å². The van der Waals surface area contributed by atoms with Gasteiger partial charge in [-0.2, -0.15) is 0 Å². The van der Waals surface area contributed by atoms with Gasteiger partial charge in [-0.25, -0.2) is 9.78 Å². The lowest BCUT2D eigenvalue weighted by molar-refractivity contribution is -0.386. The number of carboxylic acids is 1. The van der Waals surface area contributed by atoms with Gasteiger partial charge in [0, 0.05) is 6.07 Å². The summed E-state index contributed by atoms with van der Waals surface area (Å²) < 4.78 is 5.57. The van der Waals surface area contributed by atoms with E-state index < -0.39 is 10.9 Å². The topological polar surface area (TPSA) is 103 Å². The van der Waals surface area contributed by atoms with Crippen molar-refractivity contribution < 1.29 is 19.6 Å². The third-order valence-corrected chi connectivity index (χ3v) is 3.50. The van der Waals surface area contributed by atoms with Crippen molar-refractivity contribution in [2.45, 2.75) is 38.7 Å². The van der Waals surface area contributed by atoms with Crippen LogP contribution in [0.25, 0.3) is 0 Å². The van der Waals surface area contributed by atoms with Crippen LogP contribution in [-0.2, 0) is 0 Å². The van der Waals surface area contributed by atoms with Gasteiger partial charge >= 0.3 is 11.7 Å². The van der Waals surface area contributed by atoms with Gasteiger partial charge in [-0.3, -0.25) is 10.1 Å². The summed E-state index contributed by atoms with van der Waals surface area (Å²) in [4.78, 5) is 24.9. The highest BCUT2D eigenvalue weighted by Gasteiger charge is 2.25. The van der Waals surface area contributed by atoms with Crippen LogP contribution >= 0.6 is 0 Å². The van der Waals surface area contributed by atoms with Crippen molar-refractivity contribution in [3.05, 3.63) is 27.9 Å². The molecular weight excluding hydrogens is 264 g/mol. The molecule has 0 aromatic carbocycles. The molecule has 1 heterocycles. The van der Waals surface area contributed by atoms with Crippen LogP contribution in [0.1, 0.15) is 43.1 Å². The number of ether oxygens (including phenoxy) is 1. The Labute approximate surface area is 115 Å². The molecule has 0 aliphatic heterocycles. The van der Waals surface area contributed by atoms with E-state index in [0.29, 0.717) is 5.92 Å². The van der Waals surface area contributed by atoms with Gasteiger partial charge in [0.1, 0.15) is 6.10 Å². The van der Waals surface area contributed by atoms with E-state index in [1.54, 1.807) is 0 Å². The van der Waals surface area contributed by atoms with E-state index in [4.69, 9.17) is 9.84 Å². The lowest BCUT2D eigenvalue weighted by Crippen LogP contribution is -2.24. The average Bonchev–Trinajstić information content (AvgIpc) is 2.41. The monoisotopic (exact) mass is 280 g/mol. The molecule has 1 aliphatic carbocycles. The molecule has 1 aromatic heterocycles. The smallest absolute Gasteiger partial charge is 0.354 e. The second-order valence-electron chi connectivity index (χ2n) is 5.08. The lowest BCUT2D eigenvalue weighted by atomic mass is 9.89. The van der Waals surface area contributed by atoms with Gasteiger partial charge in [0.05, 0.1) is 4.92 Å². The summed E-state index contributed by atoms with van der Waals surface area (Å²) in [5, 5.41) is 19.8. The minimum absolute atomic E-state index is 0.138. The molecule has 20 heavy (non-hydrogen) atoms. The number of aromatic nitrogens is 1. The molecule has 1 fully saturated rings. The normalized spacial score (nSPS) is 22.2. The van der Waals surface area contributed by atoms with Crippen LogP contribution in [0.5, 0.6) is 5.88 Å². The number of carboxylic acid groups (broad SMARTS) is 1. The molecule has 0 amide bonds. The standard InChI is InChI=1S/C13H16N2O5/c1-8-2-4-9(5-3-8)20-12-11(15(18)19)7-6-10(14-12)13(16)17/h6-9H,2-5H2,1H3,(H,16,17). The van der Waals surface area contributed by atoms with Crippen LogP contribution in [0.15, 0.2) is 12.1 Å². The van der Waals surface area contributed by atoms with Crippen LogP contribution < -0.4 is 4.74 Å². The number of carbonyl (C=O) groups is 1. The summed E-state index contributed by atoms with van der Waals surface area (Å²) in [6.45, 7) is 2.15. The first kappa shape index (κ1) is 14.2. The predicted octanol–water partition coefficient (Wildman–Crippen LogP) is 2.65. The molecule has 0 unspecified atom stereocenters. The zero-order valence-corrected chi connectivity index (χ0v) is 11.1. The predicted molar refractivity (Wildman–Crippen MR) is 69.9 cm³/mol. The molecule has 108 valence electrons. The summed E-state index contributed by atoms with van der Waals surface area (Å²) in [5.74, 6) is -0.806. The van der Waals surface area contributed by atoms with Crippen molar-refractivity contribution in [3.63, 3.8) is 0 Å². The Morgan fingerprint density at radius 3 is 2.60 bits per heavy atom. The first-order valence-corrected chi connectivity index (χ1v) is 6.52. The minimum Gasteiger partial charge on any atom is -0.477 e. The maximum atomic E-state index is 10.9. The SMILES string of the molecule is CC1CCC(Oc2nc(C(=O)O)ccc2[N+](=O)[O-])CC1. The quantitative estimate of drug-likeness (QED) is 0.671. The Hall–Kier alpha value is -2.18. The van der Waals surface area contributed by atoms with Crippen LogP contribution in [0.3, 0.4) is 0 Å². The fraction of sp³-hybridized carbons (Fsp3) is 0.538. The highest BCUT2D eigenvalue weighted by atomic mass is 16.6. The molecule has 0 saturated heterocycles. The van der Waals surface area contributed by atoms with Crippen molar-refractivity contribution in [2.24, 2.45) is 5.92 Å². The summed E-state index contributed by atoms with van der Waals surface area (Å²) in [7, 11) is 0. The number of nitrogens with zero attached hydrogens (tertiary/aromatic N) is 2. The maximum absolute atomic E-state index is 10.9. The van der Waals surface area contributed by atoms with Crippen molar-refractivity contribution in [1.82, 2.24) is 4.98 Å². The van der Waals surface area contributed by atoms with E-state index >= 15 is 0 Å². The maximum Gasteiger partial charge on any atom is 0.354 e. The van der Waals surface area contributed by atoms with Gasteiger partial charge in [0.2, 0.25) is 0 Å². The second kappa shape index (κ2) is 5.85. The van der Waals surface area contributed by atoms with E-state index in [1.807, 2.05) is 0 Å². The van der Waals surface area contributed by atoms with Crippen molar-refractivity contribution in [3.8, 4) is 5.88 Å². The van der Waals surface area contributed by atoms with Gasteiger partial charge < -0.3 is 9.84 Å². The first-order valence-electron chi connectivity index (χ1n) is 6.52. The minimum atomic E-state index is -1.23. The molecular formula is C13H16N2O5. The summed E-state index contributed by atoms with van der Waals surface area (Å²) in [6.07, 6.45) is 3.46. The molecule has 1 aromatic rings. The number of nitro groups is 1. The lowest BCUT2D eigenvalue weighted by Gasteiger charge is -2.26. The molecule has 7 heteroatoms. The third kappa shape index (κ3) is 3.23. The van der Waals surface area contributed by atoms with Crippen molar-refractivity contribution >= 4 is 11.7 Å². The average molecular weight is 280 g/mol. The van der Waals surface area contributed by atoms with Crippen LogP contribution in [0, 0.1) is 16.0 Å². The van der Waals surface area contributed by atoms with Crippen molar-refractivity contribution in [1.29, 1.82) is 0 Å². The Kier molecular flexibility index (Phi) is 4.16. The Bertz CT molecular complexity index is 523. The van der Waals surface area contributed by atoms with Crippen LogP contribution in [0.4, 0.5) is 5.69 Å². The van der Waals surface area contributed by atoms with E-state index in [1.165, 1.54) is 0 Å².